The number of nitro groups is 1. The van der Waals surface area contributed by atoms with Crippen molar-refractivity contribution in [2.45, 2.75) is 32.4 Å². The molecule has 2 rings (SSSR count). The van der Waals surface area contributed by atoms with Crippen LogP contribution < -0.4 is 10.2 Å². The molecule has 0 radical (unpaired) electrons. The second-order valence-electron chi connectivity index (χ2n) is 5.31. The Kier molecular flexibility index (Phi) is 4.34. The molecule has 0 bridgehead atoms. The molecule has 108 valence electrons. The van der Waals surface area contributed by atoms with Gasteiger partial charge in [-0.1, -0.05) is 0 Å². The van der Waals surface area contributed by atoms with Gasteiger partial charge in [0.05, 0.1) is 4.92 Å². The van der Waals surface area contributed by atoms with Crippen molar-refractivity contribution in [3.8, 4) is 0 Å². The zero-order chi connectivity index (χ0) is 14.7. The van der Waals surface area contributed by atoms with Gasteiger partial charge in [-0.15, -0.1) is 0 Å². The maximum Gasteiger partial charge on any atom is 0.275 e. The van der Waals surface area contributed by atoms with Gasteiger partial charge in [-0.25, -0.2) is 0 Å². The second kappa shape index (κ2) is 6.00. The number of carbonyl (C=O) groups excluding carboxylic acids is 1. The van der Waals surface area contributed by atoms with Crippen LogP contribution in [0.4, 0.5) is 11.4 Å². The first-order chi connectivity index (χ1) is 9.51. The molecule has 1 aromatic rings. The molecule has 0 aromatic heterocycles. The number of nitrogens with zero attached hydrogens (tertiary/aromatic N) is 2. The summed E-state index contributed by atoms with van der Waals surface area (Å²) in [6.07, 6.45) is 0.766. The van der Waals surface area contributed by atoms with E-state index in [9.17, 15) is 14.9 Å². The van der Waals surface area contributed by atoms with Crippen LogP contribution in [0.2, 0.25) is 0 Å². The first-order valence-corrected chi connectivity index (χ1v) is 6.73. The van der Waals surface area contributed by atoms with E-state index in [1.807, 2.05) is 6.07 Å². The maximum absolute atomic E-state index is 11.1. The predicted molar refractivity (Wildman–Crippen MR) is 77.1 cm³/mol. The lowest BCUT2D eigenvalue weighted by Gasteiger charge is -2.37. The Morgan fingerprint density at radius 1 is 1.40 bits per heavy atom. The number of hydrogen-bond acceptors (Lipinski definition) is 5. The largest absolute Gasteiger partial charge is 0.368 e. The molecule has 1 fully saturated rings. The molecule has 0 aliphatic carbocycles. The van der Waals surface area contributed by atoms with Crippen LogP contribution in [-0.2, 0) is 11.2 Å². The van der Waals surface area contributed by atoms with Crippen molar-refractivity contribution in [1.29, 1.82) is 0 Å². The number of rotatable bonds is 4. The van der Waals surface area contributed by atoms with Crippen LogP contribution in [0.25, 0.3) is 0 Å². The Morgan fingerprint density at radius 2 is 2.05 bits per heavy atom. The predicted octanol–water partition coefficient (Wildman–Crippen LogP) is 1.52. The summed E-state index contributed by atoms with van der Waals surface area (Å²) < 4.78 is 0. The molecule has 6 nitrogen and oxygen atoms in total. The molecule has 6 heteroatoms. The molecule has 2 atom stereocenters. The molecule has 20 heavy (non-hydrogen) atoms. The van der Waals surface area contributed by atoms with Crippen LogP contribution in [0.15, 0.2) is 18.2 Å². The van der Waals surface area contributed by atoms with E-state index >= 15 is 0 Å². The van der Waals surface area contributed by atoms with Crippen molar-refractivity contribution < 1.29 is 9.72 Å². The summed E-state index contributed by atoms with van der Waals surface area (Å²) >= 11 is 0. The van der Waals surface area contributed by atoms with E-state index in [0.29, 0.717) is 23.9 Å². The lowest BCUT2D eigenvalue weighted by molar-refractivity contribution is -0.385. The Labute approximate surface area is 117 Å². The molecule has 1 saturated heterocycles. The van der Waals surface area contributed by atoms with Gasteiger partial charge in [-0.3, -0.25) is 10.1 Å². The molecule has 1 aromatic carbocycles. The van der Waals surface area contributed by atoms with E-state index in [0.717, 1.165) is 18.8 Å². The number of aldehydes is 1. The number of nitro benzene ring substituents is 1. The molecule has 2 unspecified atom stereocenters. The number of nitrogens with one attached hydrogen (secondary N) is 1. The molecule has 1 heterocycles. The van der Waals surface area contributed by atoms with E-state index in [1.165, 1.54) is 0 Å². The van der Waals surface area contributed by atoms with Crippen LogP contribution in [0.3, 0.4) is 0 Å². The van der Waals surface area contributed by atoms with Crippen molar-refractivity contribution in [3.05, 3.63) is 33.9 Å². The van der Waals surface area contributed by atoms with E-state index in [4.69, 9.17) is 0 Å². The monoisotopic (exact) mass is 277 g/mol. The highest BCUT2D eigenvalue weighted by molar-refractivity contribution is 5.63. The summed E-state index contributed by atoms with van der Waals surface area (Å²) in [7, 11) is 0. The molecule has 0 saturated carbocycles. The molecule has 0 amide bonds. The van der Waals surface area contributed by atoms with Gasteiger partial charge in [-0.2, -0.15) is 0 Å². The Balaban J connectivity index is 2.30. The Bertz CT molecular complexity index is 508. The van der Waals surface area contributed by atoms with E-state index < -0.39 is 4.92 Å². The highest BCUT2D eigenvalue weighted by atomic mass is 16.6. The third-order valence-corrected chi connectivity index (χ3v) is 3.49. The molecule has 0 spiro atoms. The lowest BCUT2D eigenvalue weighted by Crippen LogP contribution is -2.54. The van der Waals surface area contributed by atoms with Gasteiger partial charge >= 0.3 is 0 Å². The van der Waals surface area contributed by atoms with Crippen LogP contribution in [0.1, 0.15) is 19.4 Å². The summed E-state index contributed by atoms with van der Waals surface area (Å²) in [5.41, 5.74) is 1.32. The number of carbonyl (C=O) groups is 1. The number of anilines is 1. The average molecular weight is 277 g/mol. The minimum absolute atomic E-state index is 0.0217. The summed E-state index contributed by atoms with van der Waals surface area (Å²) in [4.78, 5) is 23.4. The van der Waals surface area contributed by atoms with Crippen molar-refractivity contribution in [1.82, 2.24) is 5.32 Å². The fraction of sp³-hybridized carbons (Fsp3) is 0.500. The van der Waals surface area contributed by atoms with Crippen LogP contribution in [0.5, 0.6) is 0 Å². The third-order valence-electron chi connectivity index (χ3n) is 3.49. The topological polar surface area (TPSA) is 75.5 Å². The van der Waals surface area contributed by atoms with E-state index in [2.05, 4.69) is 24.1 Å². The highest BCUT2D eigenvalue weighted by Crippen LogP contribution is 2.27. The van der Waals surface area contributed by atoms with Gasteiger partial charge in [0.2, 0.25) is 0 Å². The van der Waals surface area contributed by atoms with Crippen molar-refractivity contribution >= 4 is 17.7 Å². The van der Waals surface area contributed by atoms with Gasteiger partial charge in [0, 0.05) is 48.9 Å². The maximum atomic E-state index is 11.1. The summed E-state index contributed by atoms with van der Waals surface area (Å²) in [5.74, 6) is 0. The number of piperazine rings is 1. The Morgan fingerprint density at radius 3 is 2.60 bits per heavy atom. The second-order valence-corrected chi connectivity index (χ2v) is 5.31. The van der Waals surface area contributed by atoms with Gasteiger partial charge in [0.15, 0.2) is 0 Å². The van der Waals surface area contributed by atoms with Crippen LogP contribution >= 0.6 is 0 Å². The van der Waals surface area contributed by atoms with Crippen molar-refractivity contribution in [3.63, 3.8) is 0 Å². The van der Waals surface area contributed by atoms with Gasteiger partial charge in [0.25, 0.3) is 5.69 Å². The standard InChI is InChI=1S/C14H19N3O3/c1-10-8-16(9-11(2)15-10)13-4-3-12(5-6-18)14(7-13)17(19)20/h3-4,6-7,10-11,15H,5,8-9H2,1-2H3. The summed E-state index contributed by atoms with van der Waals surface area (Å²) in [6, 6.07) is 5.79. The molecular weight excluding hydrogens is 258 g/mol. The number of hydrogen-bond donors (Lipinski definition) is 1. The Hall–Kier alpha value is -1.95. The van der Waals surface area contributed by atoms with Crippen molar-refractivity contribution in [2.24, 2.45) is 0 Å². The summed E-state index contributed by atoms with van der Waals surface area (Å²) in [5, 5.41) is 14.5. The summed E-state index contributed by atoms with van der Waals surface area (Å²) in [6.45, 7) is 5.82. The highest BCUT2D eigenvalue weighted by Gasteiger charge is 2.23. The minimum atomic E-state index is -0.419. The third kappa shape index (κ3) is 3.14. The SMILES string of the molecule is CC1CN(c2ccc(CC=O)c([N+](=O)[O-])c2)CC(C)N1. The molecular formula is C14H19N3O3. The van der Waals surface area contributed by atoms with Crippen LogP contribution in [0, 0.1) is 10.1 Å². The normalized spacial score (nSPS) is 22.6. The lowest BCUT2D eigenvalue weighted by atomic mass is 10.1. The van der Waals surface area contributed by atoms with Gasteiger partial charge < -0.3 is 15.0 Å². The van der Waals surface area contributed by atoms with E-state index in [-0.39, 0.29) is 12.1 Å². The first-order valence-electron chi connectivity index (χ1n) is 6.73. The minimum Gasteiger partial charge on any atom is -0.368 e. The molecule has 1 aliphatic heterocycles. The fourth-order valence-corrected chi connectivity index (χ4v) is 2.72. The molecule has 1 aliphatic rings. The quantitative estimate of drug-likeness (QED) is 0.513. The van der Waals surface area contributed by atoms with Gasteiger partial charge in [-0.05, 0) is 26.0 Å². The van der Waals surface area contributed by atoms with Crippen molar-refractivity contribution in [2.75, 3.05) is 18.0 Å². The van der Waals surface area contributed by atoms with E-state index in [1.54, 1.807) is 12.1 Å². The number of benzene rings is 1. The average Bonchev–Trinajstić information content (AvgIpc) is 2.38. The zero-order valence-electron chi connectivity index (χ0n) is 11.7. The van der Waals surface area contributed by atoms with Gasteiger partial charge in [0.1, 0.15) is 6.29 Å². The first kappa shape index (κ1) is 14.5. The molecule has 1 N–H and O–H groups in total. The fourth-order valence-electron chi connectivity index (χ4n) is 2.72. The van der Waals surface area contributed by atoms with Crippen LogP contribution in [-0.4, -0.2) is 36.4 Å². The zero-order valence-corrected chi connectivity index (χ0v) is 11.7. The smallest absolute Gasteiger partial charge is 0.275 e.